The fourth-order valence-electron chi connectivity index (χ4n) is 1.96. The molecule has 0 saturated heterocycles. The summed E-state index contributed by atoms with van der Waals surface area (Å²) in [5, 5.41) is 14.2. The third-order valence-electron chi connectivity index (χ3n) is 3.09. The molecule has 0 unspecified atom stereocenters. The molecular formula is C17H17N3O. The van der Waals surface area contributed by atoms with Crippen LogP contribution < -0.4 is 10.6 Å². The summed E-state index contributed by atoms with van der Waals surface area (Å²) in [5.41, 5.74) is 3.57. The topological polar surface area (TPSA) is 64.9 Å². The van der Waals surface area contributed by atoms with Crippen LogP contribution >= 0.6 is 0 Å². The van der Waals surface area contributed by atoms with Gasteiger partial charge in [0.25, 0.3) is 0 Å². The van der Waals surface area contributed by atoms with Gasteiger partial charge in [0.2, 0.25) is 0 Å². The summed E-state index contributed by atoms with van der Waals surface area (Å²) in [7, 11) is 0. The second-order valence-electron chi connectivity index (χ2n) is 4.66. The van der Waals surface area contributed by atoms with Crippen molar-refractivity contribution in [3.63, 3.8) is 0 Å². The molecule has 0 aromatic heterocycles. The number of anilines is 2. The number of rotatable bonds is 4. The number of hydrogen-bond acceptors (Lipinski definition) is 2. The molecule has 0 bridgehead atoms. The minimum Gasteiger partial charge on any atom is -0.308 e. The van der Waals surface area contributed by atoms with E-state index in [0.29, 0.717) is 12.1 Å². The first-order chi connectivity index (χ1) is 10.2. The fourth-order valence-corrected chi connectivity index (χ4v) is 1.96. The first-order valence-electron chi connectivity index (χ1n) is 6.84. The van der Waals surface area contributed by atoms with Crippen LogP contribution in [0.3, 0.4) is 0 Å². The predicted molar refractivity (Wildman–Crippen MR) is 84.2 cm³/mol. The highest BCUT2D eigenvalue weighted by atomic mass is 16.2. The van der Waals surface area contributed by atoms with Gasteiger partial charge in [-0.05, 0) is 41.8 Å². The van der Waals surface area contributed by atoms with Crippen LogP contribution in [0.1, 0.15) is 18.1 Å². The summed E-state index contributed by atoms with van der Waals surface area (Å²) in [4.78, 5) is 11.9. The van der Waals surface area contributed by atoms with Crippen LogP contribution in [0.25, 0.3) is 0 Å². The van der Waals surface area contributed by atoms with Gasteiger partial charge in [0.05, 0.1) is 12.5 Å². The molecule has 0 aliphatic carbocycles. The number of carbonyl (C=O) groups excluding carboxylic acids is 1. The second-order valence-corrected chi connectivity index (χ2v) is 4.66. The summed E-state index contributed by atoms with van der Waals surface area (Å²) in [5.74, 6) is 0. The lowest BCUT2D eigenvalue weighted by atomic mass is 10.1. The largest absolute Gasteiger partial charge is 0.323 e. The van der Waals surface area contributed by atoms with E-state index in [0.717, 1.165) is 17.7 Å². The van der Waals surface area contributed by atoms with Crippen molar-refractivity contribution in [3.05, 3.63) is 59.7 Å². The zero-order valence-electron chi connectivity index (χ0n) is 11.9. The minimum absolute atomic E-state index is 0.281. The maximum absolute atomic E-state index is 11.9. The van der Waals surface area contributed by atoms with E-state index in [1.807, 2.05) is 36.4 Å². The molecule has 0 aliphatic heterocycles. The Bertz CT molecular complexity index is 656. The third-order valence-corrected chi connectivity index (χ3v) is 3.09. The van der Waals surface area contributed by atoms with Crippen molar-refractivity contribution in [3.8, 4) is 6.07 Å². The number of nitrogens with zero attached hydrogens (tertiary/aromatic N) is 1. The van der Waals surface area contributed by atoms with Crippen molar-refractivity contribution in [2.45, 2.75) is 19.8 Å². The Hall–Kier alpha value is -2.80. The lowest BCUT2D eigenvalue weighted by Gasteiger charge is -2.09. The Morgan fingerprint density at radius 2 is 1.76 bits per heavy atom. The van der Waals surface area contributed by atoms with Crippen LogP contribution in [-0.2, 0) is 12.8 Å². The minimum atomic E-state index is -0.281. The maximum Gasteiger partial charge on any atom is 0.323 e. The first-order valence-corrected chi connectivity index (χ1v) is 6.84. The van der Waals surface area contributed by atoms with Crippen molar-refractivity contribution in [2.75, 3.05) is 10.6 Å². The Balaban J connectivity index is 1.96. The SMILES string of the molecule is CCc1cccc(NC(=O)Nc2ccc(CC#N)cc2)c1. The fraction of sp³-hybridized carbons (Fsp3) is 0.176. The Morgan fingerprint density at radius 1 is 1.05 bits per heavy atom. The maximum atomic E-state index is 11.9. The molecule has 106 valence electrons. The van der Waals surface area contributed by atoms with Gasteiger partial charge in [0.1, 0.15) is 0 Å². The molecule has 0 saturated carbocycles. The predicted octanol–water partition coefficient (Wildman–Crippen LogP) is 3.96. The molecule has 4 heteroatoms. The first kappa shape index (κ1) is 14.6. The number of hydrogen-bond donors (Lipinski definition) is 2. The highest BCUT2D eigenvalue weighted by molar-refractivity contribution is 5.99. The van der Waals surface area contributed by atoms with Gasteiger partial charge in [0, 0.05) is 11.4 Å². The monoisotopic (exact) mass is 279 g/mol. The van der Waals surface area contributed by atoms with Gasteiger partial charge in [0.15, 0.2) is 0 Å². The number of urea groups is 1. The van der Waals surface area contributed by atoms with Crippen molar-refractivity contribution in [1.82, 2.24) is 0 Å². The molecule has 2 aromatic carbocycles. The zero-order valence-corrected chi connectivity index (χ0v) is 11.9. The lowest BCUT2D eigenvalue weighted by Crippen LogP contribution is -2.19. The summed E-state index contributed by atoms with van der Waals surface area (Å²) < 4.78 is 0. The van der Waals surface area contributed by atoms with Crippen molar-refractivity contribution in [2.24, 2.45) is 0 Å². The summed E-state index contributed by atoms with van der Waals surface area (Å²) in [6.07, 6.45) is 1.30. The van der Waals surface area contributed by atoms with Crippen LogP contribution in [0.15, 0.2) is 48.5 Å². The van der Waals surface area contributed by atoms with Crippen LogP contribution in [0, 0.1) is 11.3 Å². The Labute approximate surface area is 124 Å². The molecule has 0 heterocycles. The van der Waals surface area contributed by atoms with Crippen LogP contribution in [-0.4, -0.2) is 6.03 Å². The number of aryl methyl sites for hydroxylation is 1. The molecule has 0 spiro atoms. The molecule has 21 heavy (non-hydrogen) atoms. The van der Waals surface area contributed by atoms with Gasteiger partial charge in [-0.2, -0.15) is 5.26 Å². The van der Waals surface area contributed by atoms with Crippen LogP contribution in [0.2, 0.25) is 0 Å². The van der Waals surface area contributed by atoms with Crippen molar-refractivity contribution in [1.29, 1.82) is 5.26 Å². The van der Waals surface area contributed by atoms with E-state index in [-0.39, 0.29) is 6.03 Å². The van der Waals surface area contributed by atoms with Crippen molar-refractivity contribution < 1.29 is 4.79 Å². The number of amides is 2. The molecule has 2 rings (SSSR count). The van der Waals surface area contributed by atoms with Gasteiger partial charge in [-0.3, -0.25) is 0 Å². The average Bonchev–Trinajstić information content (AvgIpc) is 2.49. The Kier molecular flexibility index (Phi) is 4.94. The van der Waals surface area contributed by atoms with Crippen LogP contribution in [0.4, 0.5) is 16.2 Å². The summed E-state index contributed by atoms with van der Waals surface area (Å²) in [6.45, 7) is 2.07. The second kappa shape index (κ2) is 7.11. The molecule has 2 amide bonds. The molecule has 0 fully saturated rings. The van der Waals surface area contributed by atoms with Gasteiger partial charge in [-0.15, -0.1) is 0 Å². The summed E-state index contributed by atoms with van der Waals surface area (Å²) >= 11 is 0. The third kappa shape index (κ3) is 4.36. The number of nitrogens with one attached hydrogen (secondary N) is 2. The lowest BCUT2D eigenvalue weighted by molar-refractivity contribution is 0.262. The normalized spacial score (nSPS) is 9.71. The summed E-state index contributed by atoms with van der Waals surface area (Å²) in [6, 6.07) is 16.8. The molecule has 0 aliphatic rings. The smallest absolute Gasteiger partial charge is 0.308 e. The Morgan fingerprint density at radius 3 is 2.43 bits per heavy atom. The van der Waals surface area contributed by atoms with Crippen molar-refractivity contribution >= 4 is 17.4 Å². The molecular weight excluding hydrogens is 262 g/mol. The van der Waals surface area contributed by atoms with E-state index in [2.05, 4.69) is 23.6 Å². The van der Waals surface area contributed by atoms with Gasteiger partial charge >= 0.3 is 6.03 Å². The van der Waals surface area contributed by atoms with E-state index in [9.17, 15) is 4.79 Å². The van der Waals surface area contributed by atoms with Crippen LogP contribution in [0.5, 0.6) is 0 Å². The quantitative estimate of drug-likeness (QED) is 0.889. The number of benzene rings is 2. The van der Waals surface area contributed by atoms with E-state index in [1.54, 1.807) is 12.1 Å². The van der Waals surface area contributed by atoms with E-state index in [1.165, 1.54) is 5.56 Å². The highest BCUT2D eigenvalue weighted by Gasteiger charge is 2.03. The molecule has 0 radical (unpaired) electrons. The van der Waals surface area contributed by atoms with E-state index >= 15 is 0 Å². The number of nitriles is 1. The molecule has 0 atom stereocenters. The molecule has 2 N–H and O–H groups in total. The van der Waals surface area contributed by atoms with E-state index in [4.69, 9.17) is 5.26 Å². The van der Waals surface area contributed by atoms with E-state index < -0.39 is 0 Å². The van der Waals surface area contributed by atoms with Gasteiger partial charge in [-0.1, -0.05) is 31.2 Å². The molecule has 2 aromatic rings. The molecule has 4 nitrogen and oxygen atoms in total. The average molecular weight is 279 g/mol. The zero-order chi connectivity index (χ0) is 15.1. The van der Waals surface area contributed by atoms with Gasteiger partial charge < -0.3 is 10.6 Å². The van der Waals surface area contributed by atoms with Gasteiger partial charge in [-0.25, -0.2) is 4.79 Å². The highest BCUT2D eigenvalue weighted by Crippen LogP contribution is 2.13. The standard InChI is InChI=1S/C17H17N3O/c1-2-13-4-3-5-16(12-13)20-17(21)19-15-8-6-14(7-9-15)10-11-18/h3-9,12H,2,10H2,1H3,(H2,19,20,21). The number of carbonyl (C=O) groups is 1.